The average molecular weight is 237 g/mol. The molecule has 0 bridgehead atoms. The van der Waals surface area contributed by atoms with Crippen molar-refractivity contribution in [3.05, 3.63) is 10.8 Å². The van der Waals surface area contributed by atoms with Crippen molar-refractivity contribution in [1.82, 2.24) is 24.7 Å². The highest BCUT2D eigenvalue weighted by Gasteiger charge is 2.23. The molecule has 0 saturated carbocycles. The highest BCUT2D eigenvalue weighted by atomic mass is 32.1. The zero-order chi connectivity index (χ0) is 11.1. The van der Waals surface area contributed by atoms with E-state index < -0.39 is 0 Å². The van der Waals surface area contributed by atoms with E-state index >= 15 is 0 Å². The number of hydrogen-bond donors (Lipinski definition) is 0. The number of carbonyl (C=O) groups is 1. The second-order valence-corrected chi connectivity index (χ2v) is 4.80. The largest absolute Gasteiger partial charge is 0.337 e. The lowest BCUT2D eigenvalue weighted by atomic mass is 10.4. The van der Waals surface area contributed by atoms with E-state index in [0.717, 1.165) is 25.9 Å². The lowest BCUT2D eigenvalue weighted by molar-refractivity contribution is 0.0791. The van der Waals surface area contributed by atoms with Gasteiger partial charge < -0.3 is 4.90 Å². The summed E-state index contributed by atoms with van der Waals surface area (Å²) in [5.74, 6) is 0.735. The SMILES string of the molecule is Cc1nnc2sc(C(=O)N3CCCC3)nn12. The van der Waals surface area contributed by atoms with Crippen molar-refractivity contribution in [3.63, 3.8) is 0 Å². The van der Waals surface area contributed by atoms with Crippen LogP contribution in [0.1, 0.15) is 28.5 Å². The van der Waals surface area contributed by atoms with E-state index in [9.17, 15) is 4.79 Å². The number of nitrogens with zero attached hydrogens (tertiary/aromatic N) is 5. The van der Waals surface area contributed by atoms with Gasteiger partial charge in [0, 0.05) is 13.1 Å². The number of hydrogen-bond acceptors (Lipinski definition) is 5. The monoisotopic (exact) mass is 237 g/mol. The number of aromatic nitrogens is 4. The summed E-state index contributed by atoms with van der Waals surface area (Å²) in [7, 11) is 0. The molecule has 0 aromatic carbocycles. The minimum atomic E-state index is 0.0207. The molecule has 16 heavy (non-hydrogen) atoms. The molecule has 2 aromatic heterocycles. The van der Waals surface area contributed by atoms with Gasteiger partial charge in [0.15, 0.2) is 5.82 Å². The maximum atomic E-state index is 12.0. The van der Waals surface area contributed by atoms with Crippen molar-refractivity contribution >= 4 is 22.2 Å². The first-order chi connectivity index (χ1) is 7.75. The van der Waals surface area contributed by atoms with Crippen LogP contribution in [0.2, 0.25) is 0 Å². The van der Waals surface area contributed by atoms with Crippen LogP contribution >= 0.6 is 11.3 Å². The predicted molar refractivity (Wildman–Crippen MR) is 58.5 cm³/mol. The second kappa shape index (κ2) is 3.51. The number of fused-ring (bicyclic) bond motifs is 1. The van der Waals surface area contributed by atoms with E-state index in [1.54, 1.807) is 4.52 Å². The minimum Gasteiger partial charge on any atom is -0.337 e. The molecular formula is C9H11N5OS. The standard InChI is InChI=1S/C9H11N5OS/c1-6-10-11-9-14(6)12-7(16-9)8(15)13-4-2-3-5-13/h2-5H2,1H3. The van der Waals surface area contributed by atoms with Gasteiger partial charge in [-0.3, -0.25) is 4.79 Å². The molecule has 0 N–H and O–H groups in total. The molecule has 1 aliphatic rings. The van der Waals surface area contributed by atoms with Gasteiger partial charge in [0.05, 0.1) is 0 Å². The summed E-state index contributed by atoms with van der Waals surface area (Å²) in [5.41, 5.74) is 0. The average Bonchev–Trinajstić information content (AvgIpc) is 2.96. The first-order valence-electron chi connectivity index (χ1n) is 5.24. The van der Waals surface area contributed by atoms with Crippen LogP contribution in [-0.2, 0) is 0 Å². The molecule has 84 valence electrons. The van der Waals surface area contributed by atoms with Crippen molar-refractivity contribution in [2.24, 2.45) is 0 Å². The minimum absolute atomic E-state index is 0.0207. The van der Waals surface area contributed by atoms with Gasteiger partial charge in [0.25, 0.3) is 5.91 Å². The first-order valence-corrected chi connectivity index (χ1v) is 6.05. The molecule has 1 fully saturated rings. The smallest absolute Gasteiger partial charge is 0.284 e. The molecule has 3 heterocycles. The van der Waals surface area contributed by atoms with Crippen LogP contribution in [0.15, 0.2) is 0 Å². The van der Waals surface area contributed by atoms with Crippen molar-refractivity contribution in [1.29, 1.82) is 0 Å². The number of rotatable bonds is 1. The Kier molecular flexibility index (Phi) is 2.13. The summed E-state index contributed by atoms with van der Waals surface area (Å²) in [6.07, 6.45) is 2.18. The second-order valence-electron chi connectivity index (χ2n) is 3.85. The Morgan fingerprint density at radius 1 is 1.31 bits per heavy atom. The van der Waals surface area contributed by atoms with E-state index in [0.29, 0.717) is 15.8 Å². The molecule has 3 rings (SSSR count). The molecule has 0 aliphatic carbocycles. The van der Waals surface area contributed by atoms with Crippen molar-refractivity contribution < 1.29 is 4.79 Å². The summed E-state index contributed by atoms with van der Waals surface area (Å²) in [6.45, 7) is 3.51. The third-order valence-electron chi connectivity index (χ3n) is 2.72. The van der Waals surface area contributed by atoms with E-state index in [4.69, 9.17) is 0 Å². The van der Waals surface area contributed by atoms with Crippen LogP contribution in [0.25, 0.3) is 4.96 Å². The van der Waals surface area contributed by atoms with Crippen LogP contribution in [0, 0.1) is 6.92 Å². The maximum absolute atomic E-state index is 12.0. The van der Waals surface area contributed by atoms with Gasteiger partial charge >= 0.3 is 0 Å². The fraction of sp³-hybridized carbons (Fsp3) is 0.556. The lowest BCUT2D eigenvalue weighted by Gasteiger charge is -2.11. The van der Waals surface area contributed by atoms with Gasteiger partial charge in [0.2, 0.25) is 9.97 Å². The number of carbonyl (C=O) groups excluding carboxylic acids is 1. The number of likely N-dealkylation sites (tertiary alicyclic amines) is 1. The summed E-state index contributed by atoms with van der Waals surface area (Å²) in [6, 6.07) is 0. The molecule has 1 saturated heterocycles. The zero-order valence-corrected chi connectivity index (χ0v) is 9.70. The van der Waals surface area contributed by atoms with Gasteiger partial charge in [-0.05, 0) is 19.8 Å². The molecule has 0 spiro atoms. The molecule has 1 amide bonds. The summed E-state index contributed by atoms with van der Waals surface area (Å²) in [4.78, 5) is 14.6. The van der Waals surface area contributed by atoms with Crippen molar-refractivity contribution in [2.45, 2.75) is 19.8 Å². The third-order valence-corrected chi connectivity index (χ3v) is 3.61. The topological polar surface area (TPSA) is 63.4 Å². The molecular weight excluding hydrogens is 226 g/mol. The van der Waals surface area contributed by atoms with Crippen molar-refractivity contribution in [3.8, 4) is 0 Å². The highest BCUT2D eigenvalue weighted by Crippen LogP contribution is 2.18. The fourth-order valence-corrected chi connectivity index (χ4v) is 2.71. The lowest BCUT2D eigenvalue weighted by Crippen LogP contribution is -2.27. The Bertz CT molecular complexity index is 539. The summed E-state index contributed by atoms with van der Waals surface area (Å²) < 4.78 is 1.62. The van der Waals surface area contributed by atoms with E-state index in [1.165, 1.54) is 11.3 Å². The Morgan fingerprint density at radius 2 is 2.06 bits per heavy atom. The molecule has 6 nitrogen and oxygen atoms in total. The maximum Gasteiger partial charge on any atom is 0.284 e. The highest BCUT2D eigenvalue weighted by molar-refractivity contribution is 7.18. The Balaban J connectivity index is 1.95. The zero-order valence-electron chi connectivity index (χ0n) is 8.88. The van der Waals surface area contributed by atoms with Gasteiger partial charge in [-0.15, -0.1) is 15.3 Å². The molecule has 0 radical (unpaired) electrons. The van der Waals surface area contributed by atoms with Crippen LogP contribution in [0.4, 0.5) is 0 Å². The predicted octanol–water partition coefficient (Wildman–Crippen LogP) is 0.730. The number of amides is 1. The van der Waals surface area contributed by atoms with Gasteiger partial charge in [-0.2, -0.15) is 4.52 Å². The van der Waals surface area contributed by atoms with Crippen LogP contribution in [0.3, 0.4) is 0 Å². The molecule has 0 atom stereocenters. The van der Waals surface area contributed by atoms with E-state index in [1.807, 2.05) is 11.8 Å². The normalized spacial score (nSPS) is 16.2. The quantitative estimate of drug-likeness (QED) is 0.733. The Hall–Kier alpha value is -1.50. The number of aryl methyl sites for hydroxylation is 1. The van der Waals surface area contributed by atoms with Crippen LogP contribution in [0.5, 0.6) is 0 Å². The van der Waals surface area contributed by atoms with Crippen LogP contribution in [-0.4, -0.2) is 43.7 Å². The Labute approximate surface area is 95.9 Å². The van der Waals surface area contributed by atoms with Gasteiger partial charge in [-0.25, -0.2) is 0 Å². The molecule has 1 aliphatic heterocycles. The Morgan fingerprint density at radius 3 is 2.75 bits per heavy atom. The summed E-state index contributed by atoms with van der Waals surface area (Å²) >= 11 is 1.30. The van der Waals surface area contributed by atoms with Crippen LogP contribution < -0.4 is 0 Å². The molecule has 2 aromatic rings. The van der Waals surface area contributed by atoms with Gasteiger partial charge in [0.1, 0.15) is 0 Å². The summed E-state index contributed by atoms with van der Waals surface area (Å²) in [5, 5.41) is 12.6. The van der Waals surface area contributed by atoms with E-state index in [2.05, 4.69) is 15.3 Å². The first kappa shape index (κ1) is 9.71. The van der Waals surface area contributed by atoms with Gasteiger partial charge in [-0.1, -0.05) is 11.3 Å². The van der Waals surface area contributed by atoms with Crippen molar-refractivity contribution in [2.75, 3.05) is 13.1 Å². The van der Waals surface area contributed by atoms with E-state index in [-0.39, 0.29) is 5.91 Å². The molecule has 0 unspecified atom stereocenters. The fourth-order valence-electron chi connectivity index (χ4n) is 1.86. The molecule has 7 heteroatoms. The third kappa shape index (κ3) is 1.39.